The molecule has 0 unspecified atom stereocenters. The molecule has 0 bridgehead atoms. The van der Waals surface area contributed by atoms with Crippen LogP contribution in [0, 0.1) is 0 Å². The lowest BCUT2D eigenvalue weighted by molar-refractivity contribution is -0.118. The van der Waals surface area contributed by atoms with Crippen molar-refractivity contribution in [2.24, 2.45) is 0 Å². The first-order valence-electron chi connectivity index (χ1n) is 6.99. The van der Waals surface area contributed by atoms with E-state index in [1.807, 2.05) is 54.6 Å². The normalized spacial score (nSPS) is 10.7. The molecule has 3 rings (SSSR count). The third-order valence-electron chi connectivity index (χ3n) is 3.53. The van der Waals surface area contributed by atoms with E-state index in [0.717, 1.165) is 22.5 Å². The number of aromatic amines is 1. The second kappa shape index (κ2) is 5.79. The number of hydrogen-bond acceptors (Lipinski definition) is 2. The highest BCUT2D eigenvalue weighted by molar-refractivity contribution is 5.92. The molecule has 1 N–H and O–H groups in total. The highest BCUT2D eigenvalue weighted by Gasteiger charge is 2.11. The topological polar surface area (TPSA) is 49.0 Å². The largest absolute Gasteiger partial charge is 0.342 e. The zero-order chi connectivity index (χ0) is 14.7. The van der Waals surface area contributed by atoms with E-state index >= 15 is 0 Å². The van der Waals surface area contributed by atoms with Crippen molar-refractivity contribution in [3.05, 3.63) is 60.4 Å². The van der Waals surface area contributed by atoms with E-state index in [-0.39, 0.29) is 5.91 Å². The number of nitrogens with one attached hydrogen (secondary N) is 1. The van der Waals surface area contributed by atoms with Crippen LogP contribution >= 0.6 is 0 Å². The number of amides is 1. The van der Waals surface area contributed by atoms with Crippen molar-refractivity contribution in [1.82, 2.24) is 9.97 Å². The molecule has 0 saturated heterocycles. The van der Waals surface area contributed by atoms with Gasteiger partial charge in [-0.25, -0.2) is 4.98 Å². The van der Waals surface area contributed by atoms with Gasteiger partial charge in [-0.1, -0.05) is 30.3 Å². The lowest BCUT2D eigenvalue weighted by atomic mass is 10.2. The molecular weight excluding hydrogens is 262 g/mol. The summed E-state index contributed by atoms with van der Waals surface area (Å²) in [5.41, 5.74) is 2.86. The molecule has 1 amide bonds. The summed E-state index contributed by atoms with van der Waals surface area (Å²) >= 11 is 0. The van der Waals surface area contributed by atoms with Gasteiger partial charge in [0.05, 0.1) is 11.0 Å². The third-order valence-corrected chi connectivity index (χ3v) is 3.53. The summed E-state index contributed by atoms with van der Waals surface area (Å²) in [6.07, 6.45) is 1.05. The van der Waals surface area contributed by atoms with Crippen LogP contribution in [-0.4, -0.2) is 22.9 Å². The first kappa shape index (κ1) is 13.4. The average Bonchev–Trinajstić information content (AvgIpc) is 2.95. The van der Waals surface area contributed by atoms with Crippen LogP contribution < -0.4 is 4.90 Å². The van der Waals surface area contributed by atoms with Crippen LogP contribution in [0.3, 0.4) is 0 Å². The van der Waals surface area contributed by atoms with Crippen molar-refractivity contribution in [2.45, 2.75) is 12.8 Å². The number of aryl methyl sites for hydroxylation is 1. The number of nitrogens with zero attached hydrogens (tertiary/aromatic N) is 2. The smallest absolute Gasteiger partial charge is 0.227 e. The Bertz CT molecular complexity index is 716. The summed E-state index contributed by atoms with van der Waals surface area (Å²) in [6, 6.07) is 17.5. The van der Waals surface area contributed by atoms with Gasteiger partial charge in [-0.3, -0.25) is 4.79 Å². The van der Waals surface area contributed by atoms with E-state index < -0.39 is 0 Å². The Morgan fingerprint density at radius 1 is 1.10 bits per heavy atom. The molecule has 0 saturated carbocycles. The quantitative estimate of drug-likeness (QED) is 0.797. The number of H-pyrrole nitrogens is 1. The summed E-state index contributed by atoms with van der Waals surface area (Å²) in [7, 11) is 1.80. The first-order valence-corrected chi connectivity index (χ1v) is 6.99. The lowest BCUT2D eigenvalue weighted by Gasteiger charge is -2.16. The number of imidazole rings is 1. The van der Waals surface area contributed by atoms with Crippen LogP contribution in [-0.2, 0) is 11.2 Å². The van der Waals surface area contributed by atoms with Gasteiger partial charge in [0.1, 0.15) is 5.82 Å². The number of carbonyl (C=O) groups excluding carboxylic acids is 1. The molecule has 1 heterocycles. The molecule has 1 aromatic heterocycles. The van der Waals surface area contributed by atoms with Crippen molar-refractivity contribution in [3.8, 4) is 0 Å². The van der Waals surface area contributed by atoms with Crippen molar-refractivity contribution >= 4 is 22.6 Å². The molecule has 106 valence electrons. The van der Waals surface area contributed by atoms with Gasteiger partial charge in [0, 0.05) is 25.6 Å². The van der Waals surface area contributed by atoms with Crippen LogP contribution in [0.15, 0.2) is 54.6 Å². The third kappa shape index (κ3) is 2.94. The van der Waals surface area contributed by atoms with Gasteiger partial charge in [-0.2, -0.15) is 0 Å². The fourth-order valence-electron chi connectivity index (χ4n) is 2.31. The summed E-state index contributed by atoms with van der Waals surface area (Å²) in [5.74, 6) is 0.938. The number of carbonyl (C=O) groups is 1. The van der Waals surface area contributed by atoms with Gasteiger partial charge >= 0.3 is 0 Å². The minimum absolute atomic E-state index is 0.0849. The molecule has 0 aliphatic carbocycles. The molecule has 21 heavy (non-hydrogen) atoms. The molecule has 0 spiro atoms. The van der Waals surface area contributed by atoms with E-state index in [0.29, 0.717) is 12.8 Å². The van der Waals surface area contributed by atoms with Crippen LogP contribution in [0.1, 0.15) is 12.2 Å². The number of aromatic nitrogens is 2. The summed E-state index contributed by atoms with van der Waals surface area (Å²) < 4.78 is 0. The Kier molecular flexibility index (Phi) is 3.69. The molecule has 0 atom stereocenters. The minimum Gasteiger partial charge on any atom is -0.342 e. The van der Waals surface area contributed by atoms with E-state index in [1.165, 1.54) is 0 Å². The molecule has 4 nitrogen and oxygen atoms in total. The molecule has 0 aliphatic rings. The Balaban J connectivity index is 1.65. The molecule has 0 aliphatic heterocycles. The standard InChI is InChI=1S/C17H17N3O/c1-20(13-7-3-2-4-8-13)17(21)12-11-16-18-14-9-5-6-10-15(14)19-16/h2-10H,11-12H2,1H3,(H,18,19). The van der Waals surface area contributed by atoms with Gasteiger partial charge in [0.2, 0.25) is 5.91 Å². The van der Waals surface area contributed by atoms with Crippen LogP contribution in [0.5, 0.6) is 0 Å². The van der Waals surface area contributed by atoms with Crippen molar-refractivity contribution in [3.63, 3.8) is 0 Å². The molecule has 0 fully saturated rings. The molecule has 3 aromatic rings. The predicted octanol–water partition coefficient (Wildman–Crippen LogP) is 3.16. The Labute approximate surface area is 123 Å². The van der Waals surface area contributed by atoms with Crippen LogP contribution in [0.4, 0.5) is 5.69 Å². The minimum atomic E-state index is 0.0849. The van der Waals surface area contributed by atoms with Crippen LogP contribution in [0.25, 0.3) is 11.0 Å². The highest BCUT2D eigenvalue weighted by atomic mass is 16.2. The molecular formula is C17H17N3O. The van der Waals surface area contributed by atoms with Crippen molar-refractivity contribution in [1.29, 1.82) is 0 Å². The molecule has 2 aromatic carbocycles. The number of rotatable bonds is 4. The Morgan fingerprint density at radius 2 is 1.81 bits per heavy atom. The zero-order valence-corrected chi connectivity index (χ0v) is 11.9. The fraction of sp³-hybridized carbons (Fsp3) is 0.176. The van der Waals surface area contributed by atoms with E-state index in [9.17, 15) is 4.79 Å². The number of hydrogen-bond donors (Lipinski definition) is 1. The van der Waals surface area contributed by atoms with Crippen LogP contribution in [0.2, 0.25) is 0 Å². The fourth-order valence-corrected chi connectivity index (χ4v) is 2.31. The van der Waals surface area contributed by atoms with Gasteiger partial charge in [-0.05, 0) is 24.3 Å². The van der Waals surface area contributed by atoms with Crippen molar-refractivity contribution in [2.75, 3.05) is 11.9 Å². The lowest BCUT2D eigenvalue weighted by Crippen LogP contribution is -2.26. The van der Waals surface area contributed by atoms with E-state index in [4.69, 9.17) is 0 Å². The predicted molar refractivity (Wildman–Crippen MR) is 84.3 cm³/mol. The zero-order valence-electron chi connectivity index (χ0n) is 11.9. The van der Waals surface area contributed by atoms with Gasteiger partial charge in [0.15, 0.2) is 0 Å². The number of benzene rings is 2. The summed E-state index contributed by atoms with van der Waals surface area (Å²) in [4.78, 5) is 21.6. The highest BCUT2D eigenvalue weighted by Crippen LogP contribution is 2.14. The SMILES string of the molecule is CN(C(=O)CCc1nc2ccccc2[nH]1)c1ccccc1. The number of para-hydroxylation sites is 3. The maximum absolute atomic E-state index is 12.2. The maximum Gasteiger partial charge on any atom is 0.227 e. The van der Waals surface area contributed by atoms with Gasteiger partial charge < -0.3 is 9.88 Å². The summed E-state index contributed by atoms with van der Waals surface area (Å²) in [6.45, 7) is 0. The number of fused-ring (bicyclic) bond motifs is 1. The van der Waals surface area contributed by atoms with Gasteiger partial charge in [0.25, 0.3) is 0 Å². The van der Waals surface area contributed by atoms with Gasteiger partial charge in [-0.15, -0.1) is 0 Å². The second-order valence-corrected chi connectivity index (χ2v) is 4.99. The maximum atomic E-state index is 12.2. The molecule has 0 radical (unpaired) electrons. The van der Waals surface area contributed by atoms with E-state index in [2.05, 4.69) is 9.97 Å². The monoisotopic (exact) mass is 279 g/mol. The second-order valence-electron chi connectivity index (χ2n) is 4.99. The Hall–Kier alpha value is -2.62. The van der Waals surface area contributed by atoms with Crippen molar-refractivity contribution < 1.29 is 4.79 Å². The molecule has 4 heteroatoms. The summed E-state index contributed by atoms with van der Waals surface area (Å²) in [5, 5.41) is 0. The Morgan fingerprint density at radius 3 is 2.57 bits per heavy atom. The number of anilines is 1. The van der Waals surface area contributed by atoms with E-state index in [1.54, 1.807) is 11.9 Å². The first-order chi connectivity index (χ1) is 10.2. The average molecular weight is 279 g/mol.